The lowest BCUT2D eigenvalue weighted by Crippen LogP contribution is -2.37. The molecule has 0 bridgehead atoms. The van der Waals surface area contributed by atoms with Crippen LogP contribution in [0.5, 0.6) is 0 Å². The molecule has 1 amide bonds. The molecule has 19 heavy (non-hydrogen) atoms. The fourth-order valence-electron chi connectivity index (χ4n) is 2.49. The highest BCUT2D eigenvalue weighted by atomic mass is 16.1. The second kappa shape index (κ2) is 4.85. The predicted octanol–water partition coefficient (Wildman–Crippen LogP) is 1.18. The fourth-order valence-corrected chi connectivity index (χ4v) is 2.49. The zero-order chi connectivity index (χ0) is 13.2. The quantitative estimate of drug-likeness (QED) is 0.827. The van der Waals surface area contributed by atoms with Crippen molar-refractivity contribution >= 4 is 5.91 Å². The molecule has 2 heterocycles. The highest BCUT2D eigenvalue weighted by Gasteiger charge is 2.21. The van der Waals surface area contributed by atoms with Gasteiger partial charge in [0.1, 0.15) is 5.82 Å². The summed E-state index contributed by atoms with van der Waals surface area (Å²) in [6, 6.07) is 10.2. The first-order valence-electron chi connectivity index (χ1n) is 6.30. The van der Waals surface area contributed by atoms with Crippen LogP contribution < -0.4 is 5.73 Å². The van der Waals surface area contributed by atoms with E-state index in [0.29, 0.717) is 6.54 Å². The van der Waals surface area contributed by atoms with E-state index in [0.717, 1.165) is 30.2 Å². The van der Waals surface area contributed by atoms with Crippen LogP contribution in [0.25, 0.3) is 11.3 Å². The van der Waals surface area contributed by atoms with Gasteiger partial charge in [0.05, 0.1) is 25.0 Å². The molecule has 0 aliphatic carbocycles. The summed E-state index contributed by atoms with van der Waals surface area (Å²) in [5, 5.41) is 0. The van der Waals surface area contributed by atoms with Crippen molar-refractivity contribution in [3.05, 3.63) is 42.4 Å². The molecule has 0 fully saturated rings. The first kappa shape index (κ1) is 11.9. The van der Waals surface area contributed by atoms with Gasteiger partial charge in [-0.2, -0.15) is 0 Å². The van der Waals surface area contributed by atoms with E-state index < -0.39 is 5.91 Å². The van der Waals surface area contributed by atoms with E-state index in [4.69, 9.17) is 5.73 Å². The highest BCUT2D eigenvalue weighted by Crippen LogP contribution is 2.23. The number of nitrogens with one attached hydrogen (secondary N) is 1. The van der Waals surface area contributed by atoms with Gasteiger partial charge in [-0.25, -0.2) is 4.98 Å². The van der Waals surface area contributed by atoms with Crippen LogP contribution in [0.3, 0.4) is 0 Å². The first-order valence-corrected chi connectivity index (χ1v) is 6.30. The minimum absolute atomic E-state index is 0.188. The Hall–Kier alpha value is -2.14. The number of hydrogen-bond donors (Lipinski definition) is 0. The van der Waals surface area contributed by atoms with Crippen molar-refractivity contribution < 1.29 is 4.79 Å². The van der Waals surface area contributed by atoms with Gasteiger partial charge in [0, 0.05) is 13.1 Å². The van der Waals surface area contributed by atoms with Gasteiger partial charge in [0.15, 0.2) is 0 Å². The Bertz CT molecular complexity index is 591. The van der Waals surface area contributed by atoms with E-state index >= 15 is 0 Å². The highest BCUT2D eigenvalue weighted by molar-refractivity contribution is 5.75. The van der Waals surface area contributed by atoms with Gasteiger partial charge >= 0.3 is 0 Å². The van der Waals surface area contributed by atoms with Gasteiger partial charge in [0.2, 0.25) is 0 Å². The van der Waals surface area contributed by atoms with Crippen molar-refractivity contribution in [3.8, 4) is 11.3 Å². The van der Waals surface area contributed by atoms with Gasteiger partial charge in [0.25, 0.3) is 5.91 Å². The zero-order valence-electron chi connectivity index (χ0n) is 10.5. The fraction of sp³-hybridized carbons (Fsp3) is 0.286. The molecule has 0 spiro atoms. The lowest BCUT2D eigenvalue weighted by atomic mass is 10.1. The number of carbonyl (C=O) groups is 1. The molecular weight excluding hydrogens is 240 g/mol. The molecule has 1 N–H and O–H groups in total. The molecule has 2 aromatic rings. The molecule has 0 saturated carbocycles. The first-order chi connectivity index (χ1) is 9.24. The molecule has 0 saturated heterocycles. The van der Waals surface area contributed by atoms with Crippen LogP contribution in [0.2, 0.25) is 0 Å². The summed E-state index contributed by atoms with van der Waals surface area (Å²) >= 11 is 0. The normalized spacial score (nSPS) is 15.2. The average Bonchev–Trinajstić information content (AvgIpc) is 2.82. The molecule has 1 radical (unpaired) electrons. The summed E-state index contributed by atoms with van der Waals surface area (Å²) in [5.41, 5.74) is 9.31. The Morgan fingerprint density at radius 2 is 2.05 bits per heavy atom. The lowest BCUT2D eigenvalue weighted by Gasteiger charge is -2.27. The number of hydrogen-bond acceptors (Lipinski definition) is 3. The predicted molar refractivity (Wildman–Crippen MR) is 71.0 cm³/mol. The summed E-state index contributed by atoms with van der Waals surface area (Å²) in [7, 11) is 0. The second-order valence-corrected chi connectivity index (χ2v) is 4.71. The number of carbonyl (C=O) groups excluding carboxylic acids is 1. The van der Waals surface area contributed by atoms with Gasteiger partial charge in [-0.3, -0.25) is 15.4 Å². The van der Waals surface area contributed by atoms with Crippen LogP contribution in [-0.2, 0) is 17.9 Å². The molecular formula is C14H15N4O. The molecule has 1 aromatic carbocycles. The third-order valence-electron chi connectivity index (χ3n) is 3.38. The smallest absolute Gasteiger partial charge is 0.252 e. The Morgan fingerprint density at radius 3 is 2.79 bits per heavy atom. The Labute approximate surface area is 111 Å². The number of amides is 1. The Morgan fingerprint density at radius 1 is 1.26 bits per heavy atom. The van der Waals surface area contributed by atoms with Gasteiger partial charge in [-0.15, -0.1) is 0 Å². The van der Waals surface area contributed by atoms with Crippen LogP contribution in [0.1, 0.15) is 5.82 Å². The van der Waals surface area contributed by atoms with E-state index in [1.54, 1.807) is 0 Å². The van der Waals surface area contributed by atoms with Crippen molar-refractivity contribution in [2.75, 3.05) is 13.1 Å². The van der Waals surface area contributed by atoms with Crippen molar-refractivity contribution in [1.29, 1.82) is 0 Å². The summed E-state index contributed by atoms with van der Waals surface area (Å²) in [5.74, 6) is 0.426. The molecule has 5 heteroatoms. The number of fused-ring (bicyclic) bond motifs is 1. The van der Waals surface area contributed by atoms with E-state index in [9.17, 15) is 4.79 Å². The zero-order valence-corrected chi connectivity index (χ0v) is 10.5. The largest absolute Gasteiger partial charge is 0.326 e. The van der Waals surface area contributed by atoms with E-state index in [-0.39, 0.29) is 6.54 Å². The summed E-state index contributed by atoms with van der Waals surface area (Å²) in [6.45, 7) is 2.42. The van der Waals surface area contributed by atoms with Crippen LogP contribution in [-0.4, -0.2) is 33.4 Å². The maximum absolute atomic E-state index is 10.8. The Kier molecular flexibility index (Phi) is 3.05. The maximum Gasteiger partial charge on any atom is 0.252 e. The van der Waals surface area contributed by atoms with E-state index in [2.05, 4.69) is 21.7 Å². The van der Waals surface area contributed by atoms with Crippen molar-refractivity contribution in [1.82, 2.24) is 20.2 Å². The number of benzene rings is 1. The number of rotatable bonds is 3. The monoisotopic (exact) mass is 255 g/mol. The molecule has 1 aliphatic rings. The van der Waals surface area contributed by atoms with Crippen LogP contribution in [0.4, 0.5) is 0 Å². The number of nitrogens with zero attached hydrogens (tertiary/aromatic N) is 3. The molecule has 1 aliphatic heterocycles. The molecule has 5 nitrogen and oxygen atoms in total. The standard InChI is InChI=1S/C14H15N4O/c15-13(19)9-17-6-7-18-12(8-16-14(18)10-17)11-4-2-1-3-5-11/h1-5,8,15H,6-7,9-10H2. The average molecular weight is 255 g/mol. The topological polar surface area (TPSA) is 61.9 Å². The van der Waals surface area contributed by atoms with Crippen molar-refractivity contribution in [2.45, 2.75) is 13.1 Å². The van der Waals surface area contributed by atoms with Gasteiger partial charge in [-0.1, -0.05) is 30.3 Å². The van der Waals surface area contributed by atoms with Gasteiger partial charge in [-0.05, 0) is 5.56 Å². The van der Waals surface area contributed by atoms with Crippen molar-refractivity contribution in [2.24, 2.45) is 0 Å². The van der Waals surface area contributed by atoms with Crippen molar-refractivity contribution in [3.63, 3.8) is 0 Å². The molecule has 3 rings (SSSR count). The second-order valence-electron chi connectivity index (χ2n) is 4.71. The van der Waals surface area contributed by atoms with Crippen LogP contribution >= 0.6 is 0 Å². The van der Waals surface area contributed by atoms with Gasteiger partial charge < -0.3 is 4.57 Å². The molecule has 0 atom stereocenters. The maximum atomic E-state index is 10.8. The van der Waals surface area contributed by atoms with E-state index in [1.807, 2.05) is 29.3 Å². The third-order valence-corrected chi connectivity index (χ3v) is 3.38. The number of aromatic nitrogens is 2. The minimum Gasteiger partial charge on any atom is -0.326 e. The minimum atomic E-state index is -0.539. The number of imidazole rings is 1. The summed E-state index contributed by atoms with van der Waals surface area (Å²) in [4.78, 5) is 17.3. The van der Waals surface area contributed by atoms with E-state index in [1.165, 1.54) is 0 Å². The lowest BCUT2D eigenvalue weighted by molar-refractivity contribution is -0.120. The third kappa shape index (κ3) is 2.37. The van der Waals surface area contributed by atoms with Crippen LogP contribution in [0, 0.1) is 0 Å². The molecule has 97 valence electrons. The van der Waals surface area contributed by atoms with Crippen LogP contribution in [0.15, 0.2) is 36.5 Å². The molecule has 1 aromatic heterocycles. The SMILES string of the molecule is [NH]C(=O)CN1CCn2c(-c3ccccc3)cnc2C1. The molecule has 0 unspecified atom stereocenters. The summed E-state index contributed by atoms with van der Waals surface area (Å²) < 4.78 is 2.19. The summed E-state index contributed by atoms with van der Waals surface area (Å²) in [6.07, 6.45) is 1.89. The Balaban J connectivity index is 1.86.